The summed E-state index contributed by atoms with van der Waals surface area (Å²) in [4.78, 5) is 33.0. The zero-order chi connectivity index (χ0) is 17.7. The normalized spacial score (nSPS) is 10.1. The van der Waals surface area contributed by atoms with Crippen LogP contribution in [0.3, 0.4) is 0 Å². The molecule has 24 heavy (non-hydrogen) atoms. The number of ether oxygens (including phenoxy) is 2. The molecule has 0 aliphatic carbocycles. The molecule has 0 saturated carbocycles. The predicted molar refractivity (Wildman–Crippen MR) is 85.7 cm³/mol. The van der Waals surface area contributed by atoms with Crippen LogP contribution in [0.4, 0.5) is 5.69 Å². The smallest absolute Gasteiger partial charge is 0.349 e. The molecule has 0 bridgehead atoms. The Morgan fingerprint density at radius 3 is 2.54 bits per heavy atom. The Hall–Kier alpha value is -2.93. The second-order valence-electron chi connectivity index (χ2n) is 4.72. The molecule has 0 unspecified atom stereocenters. The van der Waals surface area contributed by atoms with E-state index in [1.165, 1.54) is 25.1 Å². The van der Waals surface area contributed by atoms with E-state index in [2.05, 4.69) is 0 Å². The molecule has 2 aromatic carbocycles. The van der Waals surface area contributed by atoms with Crippen molar-refractivity contribution in [3.8, 4) is 11.5 Å². The van der Waals surface area contributed by atoms with Gasteiger partial charge in [-0.15, -0.1) is 0 Å². The highest BCUT2D eigenvalue weighted by atomic mass is 35.5. The SMILES string of the molecule is CC(=O)c1cccc(OCC(=O)Oc2ccc([N+](=O)[O-])c(Cl)c2)c1. The van der Waals surface area contributed by atoms with E-state index in [1.807, 2.05) is 0 Å². The molecule has 0 spiro atoms. The summed E-state index contributed by atoms with van der Waals surface area (Å²) >= 11 is 5.73. The number of Topliss-reactive ketones (excluding diaryl/α,β-unsaturated/α-hetero) is 1. The molecule has 0 atom stereocenters. The van der Waals surface area contributed by atoms with Crippen molar-refractivity contribution >= 4 is 29.0 Å². The van der Waals surface area contributed by atoms with Crippen LogP contribution in [0.2, 0.25) is 5.02 Å². The zero-order valence-corrected chi connectivity index (χ0v) is 13.3. The number of hydrogen-bond donors (Lipinski definition) is 0. The first-order valence-corrected chi connectivity index (χ1v) is 7.13. The molecule has 124 valence electrons. The number of nitrogens with zero attached hydrogens (tertiary/aromatic N) is 1. The number of benzene rings is 2. The van der Waals surface area contributed by atoms with Gasteiger partial charge in [0.1, 0.15) is 16.5 Å². The standard InChI is InChI=1S/C16H12ClNO6/c1-10(19)11-3-2-4-12(7-11)23-9-16(20)24-13-5-6-15(18(21)22)14(17)8-13/h2-8H,9H2,1H3. The third-order valence-electron chi connectivity index (χ3n) is 2.94. The number of ketones is 1. The number of esters is 1. The van der Waals surface area contributed by atoms with Crippen LogP contribution in [0.15, 0.2) is 42.5 Å². The number of carbonyl (C=O) groups excluding carboxylic acids is 2. The Labute approximate surface area is 141 Å². The summed E-state index contributed by atoms with van der Waals surface area (Å²) in [6.45, 7) is 1.03. The summed E-state index contributed by atoms with van der Waals surface area (Å²) in [5, 5.41) is 10.5. The van der Waals surface area contributed by atoms with Gasteiger partial charge in [0.05, 0.1) is 4.92 Å². The minimum atomic E-state index is -0.715. The highest BCUT2D eigenvalue weighted by Crippen LogP contribution is 2.28. The van der Waals surface area contributed by atoms with E-state index in [0.717, 1.165) is 6.07 Å². The molecule has 0 aliphatic rings. The van der Waals surface area contributed by atoms with Crippen LogP contribution in [-0.4, -0.2) is 23.3 Å². The maximum atomic E-state index is 11.7. The van der Waals surface area contributed by atoms with Crippen molar-refractivity contribution in [2.45, 2.75) is 6.92 Å². The number of halogens is 1. The Morgan fingerprint density at radius 1 is 1.17 bits per heavy atom. The van der Waals surface area contributed by atoms with Crippen LogP contribution in [0.5, 0.6) is 11.5 Å². The fraction of sp³-hybridized carbons (Fsp3) is 0.125. The van der Waals surface area contributed by atoms with E-state index in [-0.39, 0.29) is 22.2 Å². The van der Waals surface area contributed by atoms with Gasteiger partial charge in [-0.05, 0) is 25.1 Å². The molecule has 0 aliphatic heterocycles. The van der Waals surface area contributed by atoms with Crippen LogP contribution in [0, 0.1) is 10.1 Å². The van der Waals surface area contributed by atoms with E-state index in [0.29, 0.717) is 11.3 Å². The molecule has 0 aromatic heterocycles. The molecule has 0 saturated heterocycles. The largest absolute Gasteiger partial charge is 0.482 e. The van der Waals surface area contributed by atoms with Crippen LogP contribution < -0.4 is 9.47 Å². The van der Waals surface area contributed by atoms with Gasteiger partial charge in [-0.3, -0.25) is 14.9 Å². The second kappa shape index (κ2) is 7.56. The fourth-order valence-electron chi connectivity index (χ4n) is 1.81. The quantitative estimate of drug-likeness (QED) is 0.260. The van der Waals surface area contributed by atoms with Gasteiger partial charge in [-0.2, -0.15) is 0 Å². The number of hydrogen-bond acceptors (Lipinski definition) is 6. The van der Waals surface area contributed by atoms with Crippen LogP contribution in [-0.2, 0) is 4.79 Å². The van der Waals surface area contributed by atoms with Gasteiger partial charge in [0.2, 0.25) is 0 Å². The Balaban J connectivity index is 1.96. The van der Waals surface area contributed by atoms with Crippen molar-refractivity contribution in [1.82, 2.24) is 0 Å². The minimum Gasteiger partial charge on any atom is -0.482 e. The fourth-order valence-corrected chi connectivity index (χ4v) is 2.05. The van der Waals surface area contributed by atoms with Crippen LogP contribution >= 0.6 is 11.6 Å². The molecule has 0 heterocycles. The van der Waals surface area contributed by atoms with Gasteiger partial charge in [0, 0.05) is 17.7 Å². The molecular weight excluding hydrogens is 338 g/mol. The molecule has 2 rings (SSSR count). The summed E-state index contributed by atoms with van der Waals surface area (Å²) < 4.78 is 10.2. The lowest BCUT2D eigenvalue weighted by atomic mass is 10.1. The molecule has 2 aromatic rings. The minimum absolute atomic E-state index is 0.0664. The molecular formula is C16H12ClNO6. The van der Waals surface area contributed by atoms with E-state index < -0.39 is 17.5 Å². The van der Waals surface area contributed by atoms with Crippen molar-refractivity contribution in [3.05, 3.63) is 63.2 Å². The summed E-state index contributed by atoms with van der Waals surface area (Å²) in [6, 6.07) is 9.95. The predicted octanol–water partition coefficient (Wildman–Crippen LogP) is 3.44. The number of nitro benzene ring substituents is 1. The summed E-state index contributed by atoms with van der Waals surface area (Å²) in [5.41, 5.74) is 0.178. The van der Waals surface area contributed by atoms with E-state index in [1.54, 1.807) is 18.2 Å². The van der Waals surface area contributed by atoms with Crippen molar-refractivity contribution in [3.63, 3.8) is 0 Å². The summed E-state index contributed by atoms with van der Waals surface area (Å²) in [6.07, 6.45) is 0. The first kappa shape index (κ1) is 17.4. The third-order valence-corrected chi connectivity index (χ3v) is 3.25. The molecule has 7 nitrogen and oxygen atoms in total. The average Bonchev–Trinajstić information content (AvgIpc) is 2.53. The van der Waals surface area contributed by atoms with Crippen molar-refractivity contribution < 1.29 is 24.0 Å². The van der Waals surface area contributed by atoms with Crippen molar-refractivity contribution in [1.29, 1.82) is 0 Å². The highest BCUT2D eigenvalue weighted by Gasteiger charge is 2.14. The van der Waals surface area contributed by atoms with Gasteiger partial charge in [0.15, 0.2) is 12.4 Å². The van der Waals surface area contributed by atoms with E-state index in [9.17, 15) is 19.7 Å². The average molecular weight is 350 g/mol. The topological polar surface area (TPSA) is 95.7 Å². The monoisotopic (exact) mass is 349 g/mol. The lowest BCUT2D eigenvalue weighted by molar-refractivity contribution is -0.384. The third kappa shape index (κ3) is 4.53. The molecule has 0 radical (unpaired) electrons. The van der Waals surface area contributed by atoms with E-state index >= 15 is 0 Å². The van der Waals surface area contributed by atoms with Crippen molar-refractivity contribution in [2.24, 2.45) is 0 Å². The zero-order valence-electron chi connectivity index (χ0n) is 12.5. The lowest BCUT2D eigenvalue weighted by Gasteiger charge is -2.08. The van der Waals surface area contributed by atoms with Crippen LogP contribution in [0.25, 0.3) is 0 Å². The lowest BCUT2D eigenvalue weighted by Crippen LogP contribution is -2.17. The molecule has 8 heteroatoms. The Bertz CT molecular complexity index is 805. The van der Waals surface area contributed by atoms with Gasteiger partial charge < -0.3 is 9.47 Å². The maximum Gasteiger partial charge on any atom is 0.349 e. The second-order valence-corrected chi connectivity index (χ2v) is 5.12. The molecule has 0 amide bonds. The number of rotatable bonds is 6. The van der Waals surface area contributed by atoms with Gasteiger partial charge in [-0.1, -0.05) is 23.7 Å². The van der Waals surface area contributed by atoms with E-state index in [4.69, 9.17) is 21.1 Å². The first-order chi connectivity index (χ1) is 11.4. The van der Waals surface area contributed by atoms with Gasteiger partial charge in [-0.25, -0.2) is 4.79 Å². The maximum absolute atomic E-state index is 11.7. The first-order valence-electron chi connectivity index (χ1n) is 6.75. The molecule has 0 N–H and O–H groups in total. The Kier molecular flexibility index (Phi) is 5.49. The number of carbonyl (C=O) groups is 2. The van der Waals surface area contributed by atoms with Crippen molar-refractivity contribution in [2.75, 3.05) is 6.61 Å². The summed E-state index contributed by atoms with van der Waals surface area (Å²) in [5.74, 6) is -0.422. The number of nitro groups is 1. The summed E-state index contributed by atoms with van der Waals surface area (Å²) in [7, 11) is 0. The molecule has 0 fully saturated rings. The van der Waals surface area contributed by atoms with Gasteiger partial charge >= 0.3 is 5.97 Å². The van der Waals surface area contributed by atoms with Crippen LogP contribution in [0.1, 0.15) is 17.3 Å². The Morgan fingerprint density at radius 2 is 1.92 bits per heavy atom. The highest BCUT2D eigenvalue weighted by molar-refractivity contribution is 6.32. The van der Waals surface area contributed by atoms with Gasteiger partial charge in [0.25, 0.3) is 5.69 Å².